The SMILES string of the molecule is COc1ccc(-c2nn(-c3ccccc3)cc2/C=N\NC(=O)C(=O)Nc2cccc(C)c2)cc1. The van der Waals surface area contributed by atoms with Crippen molar-refractivity contribution in [3.8, 4) is 22.7 Å². The smallest absolute Gasteiger partial charge is 0.329 e. The van der Waals surface area contributed by atoms with Crippen molar-refractivity contribution in [2.45, 2.75) is 6.92 Å². The van der Waals surface area contributed by atoms with Gasteiger partial charge in [-0.1, -0.05) is 30.3 Å². The number of hydrogen-bond acceptors (Lipinski definition) is 5. The minimum Gasteiger partial charge on any atom is -0.497 e. The quantitative estimate of drug-likeness (QED) is 0.262. The molecule has 34 heavy (non-hydrogen) atoms. The first kappa shape index (κ1) is 22.5. The van der Waals surface area contributed by atoms with Crippen LogP contribution in [0.1, 0.15) is 11.1 Å². The molecule has 4 rings (SSSR count). The van der Waals surface area contributed by atoms with Gasteiger partial charge in [-0.2, -0.15) is 10.2 Å². The van der Waals surface area contributed by atoms with Gasteiger partial charge in [-0.05, 0) is 61.0 Å². The summed E-state index contributed by atoms with van der Waals surface area (Å²) < 4.78 is 6.96. The second kappa shape index (κ2) is 10.3. The molecular formula is C26H23N5O3. The highest BCUT2D eigenvalue weighted by Gasteiger charge is 2.14. The number of hydrogen-bond donors (Lipinski definition) is 2. The van der Waals surface area contributed by atoms with Gasteiger partial charge in [0.2, 0.25) is 0 Å². The number of benzene rings is 3. The number of hydrazone groups is 1. The van der Waals surface area contributed by atoms with E-state index >= 15 is 0 Å². The fraction of sp³-hybridized carbons (Fsp3) is 0.0769. The maximum atomic E-state index is 12.2. The van der Waals surface area contributed by atoms with E-state index in [-0.39, 0.29) is 0 Å². The zero-order chi connectivity index (χ0) is 23.9. The van der Waals surface area contributed by atoms with E-state index in [4.69, 9.17) is 9.84 Å². The first-order valence-corrected chi connectivity index (χ1v) is 10.5. The molecule has 1 heterocycles. The third-order valence-electron chi connectivity index (χ3n) is 4.98. The van der Waals surface area contributed by atoms with Gasteiger partial charge in [-0.15, -0.1) is 0 Å². The molecular weight excluding hydrogens is 430 g/mol. The largest absolute Gasteiger partial charge is 0.497 e. The second-order valence-corrected chi connectivity index (χ2v) is 7.46. The maximum Gasteiger partial charge on any atom is 0.329 e. The van der Waals surface area contributed by atoms with E-state index in [1.165, 1.54) is 6.21 Å². The average Bonchev–Trinajstić information content (AvgIpc) is 3.28. The molecule has 0 atom stereocenters. The topological polar surface area (TPSA) is 97.6 Å². The molecule has 2 N–H and O–H groups in total. The van der Waals surface area contributed by atoms with E-state index in [2.05, 4.69) is 15.8 Å². The highest BCUT2D eigenvalue weighted by Crippen LogP contribution is 2.25. The van der Waals surface area contributed by atoms with Crippen LogP contribution in [0.3, 0.4) is 0 Å². The summed E-state index contributed by atoms with van der Waals surface area (Å²) in [7, 11) is 1.61. The number of methoxy groups -OCH3 is 1. The predicted octanol–water partition coefficient (Wildman–Crippen LogP) is 3.95. The van der Waals surface area contributed by atoms with Crippen molar-refractivity contribution < 1.29 is 14.3 Å². The first-order valence-electron chi connectivity index (χ1n) is 10.5. The van der Waals surface area contributed by atoms with Gasteiger partial charge in [0.1, 0.15) is 11.4 Å². The summed E-state index contributed by atoms with van der Waals surface area (Å²) in [6, 6.07) is 24.3. The van der Waals surface area contributed by atoms with Crippen molar-refractivity contribution in [2.24, 2.45) is 5.10 Å². The van der Waals surface area contributed by atoms with Crippen molar-refractivity contribution in [1.82, 2.24) is 15.2 Å². The van der Waals surface area contributed by atoms with Gasteiger partial charge >= 0.3 is 11.8 Å². The average molecular weight is 454 g/mol. The van der Waals surface area contributed by atoms with Gasteiger partial charge < -0.3 is 10.1 Å². The Bertz CT molecular complexity index is 1330. The number of carbonyl (C=O) groups is 2. The van der Waals surface area contributed by atoms with Gasteiger partial charge in [-0.25, -0.2) is 10.1 Å². The standard InChI is InChI=1S/C26H23N5O3/c1-18-7-6-8-21(15-18)28-25(32)26(33)29-27-16-20-17-31(22-9-4-3-5-10-22)30-24(20)19-11-13-23(34-2)14-12-19/h3-17H,1-2H3,(H,28,32)(H,29,33)/b27-16-. The number of carbonyl (C=O) groups excluding carboxylic acids is 2. The molecule has 0 spiro atoms. The van der Waals surface area contributed by atoms with Crippen molar-refractivity contribution in [3.63, 3.8) is 0 Å². The molecule has 0 unspecified atom stereocenters. The summed E-state index contributed by atoms with van der Waals surface area (Å²) in [5.41, 5.74) is 6.82. The number of amides is 2. The van der Waals surface area contributed by atoms with E-state index < -0.39 is 11.8 Å². The summed E-state index contributed by atoms with van der Waals surface area (Å²) in [5.74, 6) is -0.953. The van der Waals surface area contributed by atoms with Crippen LogP contribution in [0.5, 0.6) is 5.75 Å². The number of nitrogens with one attached hydrogen (secondary N) is 2. The molecule has 2 amide bonds. The van der Waals surface area contributed by atoms with Gasteiger partial charge in [-0.3, -0.25) is 9.59 Å². The lowest BCUT2D eigenvalue weighted by Gasteiger charge is -2.04. The minimum atomic E-state index is -0.876. The van der Waals surface area contributed by atoms with E-state index in [9.17, 15) is 9.59 Å². The highest BCUT2D eigenvalue weighted by atomic mass is 16.5. The molecule has 0 aliphatic carbocycles. The summed E-state index contributed by atoms with van der Waals surface area (Å²) in [6.07, 6.45) is 3.27. The Labute approximate surface area is 196 Å². The minimum absolute atomic E-state index is 0.537. The number of anilines is 1. The Morgan fingerprint density at radius 3 is 2.44 bits per heavy atom. The number of para-hydroxylation sites is 1. The third-order valence-corrected chi connectivity index (χ3v) is 4.98. The Hall–Kier alpha value is -4.72. The molecule has 0 saturated heterocycles. The molecule has 3 aromatic carbocycles. The van der Waals surface area contributed by atoms with Crippen LogP contribution in [0, 0.1) is 6.92 Å². The highest BCUT2D eigenvalue weighted by molar-refractivity contribution is 6.39. The molecule has 0 aliphatic heterocycles. The van der Waals surface area contributed by atoms with Crippen LogP contribution in [-0.2, 0) is 9.59 Å². The lowest BCUT2D eigenvalue weighted by molar-refractivity contribution is -0.136. The second-order valence-electron chi connectivity index (χ2n) is 7.46. The molecule has 0 radical (unpaired) electrons. The van der Waals surface area contributed by atoms with Crippen LogP contribution < -0.4 is 15.5 Å². The number of aryl methyl sites for hydroxylation is 1. The van der Waals surface area contributed by atoms with Crippen LogP contribution in [0.2, 0.25) is 0 Å². The third kappa shape index (κ3) is 5.36. The number of ether oxygens (including phenoxy) is 1. The van der Waals surface area contributed by atoms with Crippen LogP contribution in [-0.4, -0.2) is 34.9 Å². The van der Waals surface area contributed by atoms with E-state index in [0.29, 0.717) is 16.9 Å². The summed E-state index contributed by atoms with van der Waals surface area (Å²) in [6.45, 7) is 1.90. The van der Waals surface area contributed by atoms with E-state index in [1.807, 2.05) is 67.6 Å². The molecule has 0 fully saturated rings. The van der Waals surface area contributed by atoms with Gasteiger partial charge in [0.25, 0.3) is 0 Å². The maximum absolute atomic E-state index is 12.2. The van der Waals surface area contributed by atoms with Crippen molar-refractivity contribution in [3.05, 3.63) is 96.2 Å². The lowest BCUT2D eigenvalue weighted by atomic mass is 10.1. The van der Waals surface area contributed by atoms with Crippen LogP contribution >= 0.6 is 0 Å². The van der Waals surface area contributed by atoms with Crippen LogP contribution in [0.4, 0.5) is 5.69 Å². The molecule has 1 aromatic heterocycles. The predicted molar refractivity (Wildman–Crippen MR) is 131 cm³/mol. The monoisotopic (exact) mass is 453 g/mol. The zero-order valence-electron chi connectivity index (χ0n) is 18.7. The number of rotatable bonds is 6. The Balaban J connectivity index is 1.54. The van der Waals surface area contributed by atoms with Crippen molar-refractivity contribution in [2.75, 3.05) is 12.4 Å². The fourth-order valence-electron chi connectivity index (χ4n) is 3.29. The molecule has 8 nitrogen and oxygen atoms in total. The summed E-state index contributed by atoms with van der Waals surface area (Å²) in [4.78, 5) is 24.4. The molecule has 0 bridgehead atoms. The molecule has 8 heteroatoms. The normalized spacial score (nSPS) is 10.8. The molecule has 0 aliphatic rings. The Morgan fingerprint density at radius 2 is 1.74 bits per heavy atom. The van der Waals surface area contributed by atoms with Gasteiger partial charge in [0.15, 0.2) is 0 Å². The van der Waals surface area contributed by atoms with Crippen molar-refractivity contribution in [1.29, 1.82) is 0 Å². The Morgan fingerprint density at radius 1 is 0.971 bits per heavy atom. The number of aromatic nitrogens is 2. The summed E-state index contributed by atoms with van der Waals surface area (Å²) in [5, 5.41) is 11.2. The number of nitrogens with zero attached hydrogens (tertiary/aromatic N) is 3. The lowest BCUT2D eigenvalue weighted by Crippen LogP contribution is -2.32. The van der Waals surface area contributed by atoms with E-state index in [1.54, 1.807) is 36.2 Å². The fourth-order valence-corrected chi connectivity index (χ4v) is 3.29. The van der Waals surface area contributed by atoms with Gasteiger partial charge in [0.05, 0.1) is 19.0 Å². The van der Waals surface area contributed by atoms with Crippen LogP contribution in [0.25, 0.3) is 16.9 Å². The molecule has 0 saturated carbocycles. The molecule has 170 valence electrons. The summed E-state index contributed by atoms with van der Waals surface area (Å²) >= 11 is 0. The zero-order valence-corrected chi connectivity index (χ0v) is 18.7. The van der Waals surface area contributed by atoms with Gasteiger partial charge in [0, 0.05) is 23.0 Å². The van der Waals surface area contributed by atoms with Crippen molar-refractivity contribution >= 4 is 23.7 Å². The Kier molecular flexibility index (Phi) is 6.78. The molecule has 4 aromatic rings. The van der Waals surface area contributed by atoms with E-state index in [0.717, 1.165) is 22.6 Å². The van der Waals surface area contributed by atoms with Crippen LogP contribution in [0.15, 0.2) is 90.2 Å². The first-order chi connectivity index (χ1) is 16.5.